The summed E-state index contributed by atoms with van der Waals surface area (Å²) in [6.07, 6.45) is 2.86. The fraction of sp³-hybridized carbons (Fsp3) is 0.462. The SMILES string of the molecule is CC(C)Cn1ncnc1CC(O)c1ccc(Cl)nc1. The second-order valence-electron chi connectivity index (χ2n) is 4.89. The summed E-state index contributed by atoms with van der Waals surface area (Å²) < 4.78 is 1.83. The van der Waals surface area contributed by atoms with Crippen molar-refractivity contribution in [3.63, 3.8) is 0 Å². The van der Waals surface area contributed by atoms with Crippen molar-refractivity contribution >= 4 is 11.6 Å². The molecule has 0 fully saturated rings. The van der Waals surface area contributed by atoms with Crippen LogP contribution in [-0.4, -0.2) is 24.9 Å². The van der Waals surface area contributed by atoms with Crippen LogP contribution in [0.25, 0.3) is 0 Å². The van der Waals surface area contributed by atoms with E-state index in [9.17, 15) is 5.11 Å². The molecule has 2 heterocycles. The van der Waals surface area contributed by atoms with Crippen molar-refractivity contribution in [2.24, 2.45) is 5.92 Å². The summed E-state index contributed by atoms with van der Waals surface area (Å²) in [4.78, 5) is 8.16. The predicted molar refractivity (Wildman–Crippen MR) is 72.8 cm³/mol. The van der Waals surface area contributed by atoms with Crippen LogP contribution in [0.4, 0.5) is 0 Å². The lowest BCUT2D eigenvalue weighted by molar-refractivity contribution is 0.173. The Morgan fingerprint density at radius 2 is 2.11 bits per heavy atom. The number of nitrogens with zero attached hydrogens (tertiary/aromatic N) is 4. The second kappa shape index (κ2) is 6.12. The summed E-state index contributed by atoms with van der Waals surface area (Å²) in [5.41, 5.74) is 0.725. The standard InChI is InChI=1S/C13H17ClN4O/c1-9(2)7-18-13(16-8-17-18)5-11(19)10-3-4-12(14)15-6-10/h3-4,6,8-9,11,19H,5,7H2,1-2H3. The van der Waals surface area contributed by atoms with Gasteiger partial charge in [-0.25, -0.2) is 14.6 Å². The Bertz CT molecular complexity index is 524. The fourth-order valence-electron chi connectivity index (χ4n) is 1.82. The van der Waals surface area contributed by atoms with Crippen LogP contribution in [-0.2, 0) is 13.0 Å². The van der Waals surface area contributed by atoms with Gasteiger partial charge in [-0.15, -0.1) is 0 Å². The highest BCUT2D eigenvalue weighted by atomic mass is 35.5. The molecular formula is C13H17ClN4O. The van der Waals surface area contributed by atoms with Gasteiger partial charge in [0.05, 0.1) is 6.10 Å². The van der Waals surface area contributed by atoms with E-state index in [1.165, 1.54) is 6.33 Å². The molecule has 2 rings (SSSR count). The third-order valence-electron chi connectivity index (χ3n) is 2.74. The van der Waals surface area contributed by atoms with Crippen molar-refractivity contribution in [2.75, 3.05) is 0 Å². The summed E-state index contributed by atoms with van der Waals surface area (Å²) in [5.74, 6) is 1.26. The van der Waals surface area contributed by atoms with Crippen LogP contribution < -0.4 is 0 Å². The summed E-state index contributed by atoms with van der Waals surface area (Å²) in [7, 11) is 0. The van der Waals surface area contributed by atoms with Crippen LogP contribution >= 0.6 is 11.6 Å². The Labute approximate surface area is 117 Å². The molecule has 0 aliphatic rings. The van der Waals surface area contributed by atoms with Crippen LogP contribution in [0.3, 0.4) is 0 Å². The Hall–Kier alpha value is -1.46. The molecule has 0 saturated heterocycles. The third kappa shape index (κ3) is 3.75. The van der Waals surface area contributed by atoms with Gasteiger partial charge in [0.15, 0.2) is 0 Å². The Kier molecular flexibility index (Phi) is 4.50. The average Bonchev–Trinajstić information content (AvgIpc) is 2.76. The minimum absolute atomic E-state index is 0.413. The molecule has 0 aliphatic carbocycles. The molecule has 5 nitrogen and oxygen atoms in total. The number of hydrogen-bond donors (Lipinski definition) is 1. The normalized spacial score (nSPS) is 12.9. The van der Waals surface area contributed by atoms with Gasteiger partial charge < -0.3 is 5.11 Å². The molecule has 2 aromatic heterocycles. The van der Waals surface area contributed by atoms with E-state index in [1.54, 1.807) is 18.3 Å². The lowest BCUT2D eigenvalue weighted by Gasteiger charge is -2.12. The van der Waals surface area contributed by atoms with Crippen LogP contribution in [0.1, 0.15) is 31.3 Å². The summed E-state index contributed by atoms with van der Waals surface area (Å²) >= 11 is 5.72. The number of pyridine rings is 1. The molecule has 0 aromatic carbocycles. The van der Waals surface area contributed by atoms with Crippen molar-refractivity contribution in [3.05, 3.63) is 41.2 Å². The van der Waals surface area contributed by atoms with Gasteiger partial charge in [0, 0.05) is 19.2 Å². The first kappa shape index (κ1) is 14.0. The molecule has 0 bridgehead atoms. The van der Waals surface area contributed by atoms with E-state index in [0.29, 0.717) is 17.5 Å². The van der Waals surface area contributed by atoms with Gasteiger partial charge in [0.1, 0.15) is 17.3 Å². The number of aromatic nitrogens is 4. The number of hydrogen-bond acceptors (Lipinski definition) is 4. The molecule has 1 unspecified atom stereocenters. The van der Waals surface area contributed by atoms with Crippen molar-refractivity contribution < 1.29 is 5.11 Å². The lowest BCUT2D eigenvalue weighted by Crippen LogP contribution is -2.13. The number of aliphatic hydroxyl groups is 1. The highest BCUT2D eigenvalue weighted by Crippen LogP contribution is 2.18. The number of halogens is 1. The molecule has 0 spiro atoms. The van der Waals surface area contributed by atoms with E-state index in [0.717, 1.165) is 17.9 Å². The quantitative estimate of drug-likeness (QED) is 0.853. The van der Waals surface area contributed by atoms with E-state index < -0.39 is 6.10 Å². The molecule has 2 aromatic rings. The zero-order valence-electron chi connectivity index (χ0n) is 11.0. The van der Waals surface area contributed by atoms with Crippen molar-refractivity contribution in [3.8, 4) is 0 Å². The number of aliphatic hydroxyl groups excluding tert-OH is 1. The molecule has 6 heteroatoms. The smallest absolute Gasteiger partial charge is 0.138 e. The van der Waals surface area contributed by atoms with Gasteiger partial charge in [-0.3, -0.25) is 0 Å². The maximum atomic E-state index is 10.2. The van der Waals surface area contributed by atoms with E-state index in [4.69, 9.17) is 11.6 Å². The van der Waals surface area contributed by atoms with E-state index in [2.05, 4.69) is 28.9 Å². The van der Waals surface area contributed by atoms with Gasteiger partial charge in [-0.2, -0.15) is 5.10 Å². The third-order valence-corrected chi connectivity index (χ3v) is 2.97. The van der Waals surface area contributed by atoms with Gasteiger partial charge in [0.25, 0.3) is 0 Å². The first-order chi connectivity index (χ1) is 9.06. The van der Waals surface area contributed by atoms with E-state index in [1.807, 2.05) is 4.68 Å². The minimum atomic E-state index is -0.653. The maximum absolute atomic E-state index is 10.2. The molecule has 19 heavy (non-hydrogen) atoms. The zero-order valence-corrected chi connectivity index (χ0v) is 11.7. The topological polar surface area (TPSA) is 63.8 Å². The first-order valence-corrected chi connectivity index (χ1v) is 6.60. The minimum Gasteiger partial charge on any atom is -0.388 e. The Balaban J connectivity index is 2.08. The van der Waals surface area contributed by atoms with Gasteiger partial charge in [-0.1, -0.05) is 31.5 Å². The molecule has 0 saturated carbocycles. The van der Waals surface area contributed by atoms with E-state index in [-0.39, 0.29) is 0 Å². The first-order valence-electron chi connectivity index (χ1n) is 6.22. The van der Waals surface area contributed by atoms with Crippen LogP contribution in [0, 0.1) is 5.92 Å². The molecule has 1 N–H and O–H groups in total. The molecule has 0 aliphatic heterocycles. The van der Waals surface area contributed by atoms with Crippen molar-refractivity contribution in [2.45, 2.75) is 32.9 Å². The Morgan fingerprint density at radius 1 is 1.32 bits per heavy atom. The van der Waals surface area contributed by atoms with Gasteiger partial charge in [0.2, 0.25) is 0 Å². The molecule has 0 amide bonds. The fourth-order valence-corrected chi connectivity index (χ4v) is 1.93. The maximum Gasteiger partial charge on any atom is 0.138 e. The largest absolute Gasteiger partial charge is 0.388 e. The summed E-state index contributed by atoms with van der Waals surface area (Å²) in [6, 6.07) is 3.43. The van der Waals surface area contributed by atoms with Crippen molar-refractivity contribution in [1.29, 1.82) is 0 Å². The molecule has 1 atom stereocenters. The van der Waals surface area contributed by atoms with E-state index >= 15 is 0 Å². The summed E-state index contributed by atoms with van der Waals surface area (Å²) in [6.45, 7) is 5.02. The van der Waals surface area contributed by atoms with Crippen LogP contribution in [0.5, 0.6) is 0 Å². The second-order valence-corrected chi connectivity index (χ2v) is 5.27. The van der Waals surface area contributed by atoms with Crippen LogP contribution in [0.2, 0.25) is 5.15 Å². The predicted octanol–water partition coefficient (Wildman–Crippen LogP) is 2.26. The molecular weight excluding hydrogens is 264 g/mol. The average molecular weight is 281 g/mol. The highest BCUT2D eigenvalue weighted by molar-refractivity contribution is 6.29. The van der Waals surface area contributed by atoms with Crippen molar-refractivity contribution in [1.82, 2.24) is 19.7 Å². The lowest BCUT2D eigenvalue weighted by atomic mass is 10.1. The summed E-state index contributed by atoms with van der Waals surface area (Å²) in [5, 5.41) is 14.8. The Morgan fingerprint density at radius 3 is 2.74 bits per heavy atom. The zero-order chi connectivity index (χ0) is 13.8. The highest BCUT2D eigenvalue weighted by Gasteiger charge is 2.14. The molecule has 0 radical (unpaired) electrons. The van der Waals surface area contributed by atoms with Crippen LogP contribution in [0.15, 0.2) is 24.7 Å². The number of rotatable bonds is 5. The van der Waals surface area contributed by atoms with Gasteiger partial charge >= 0.3 is 0 Å². The molecule has 102 valence electrons. The van der Waals surface area contributed by atoms with Gasteiger partial charge in [-0.05, 0) is 17.5 Å². The monoisotopic (exact) mass is 280 g/mol.